The maximum absolute atomic E-state index is 11.9. The van der Waals surface area contributed by atoms with Crippen LogP contribution in [0.5, 0.6) is 0 Å². The molecule has 0 aliphatic heterocycles. The minimum Gasteiger partial charge on any atom is -0.237 e. The van der Waals surface area contributed by atoms with E-state index < -0.39 is 11.0 Å². The zero-order valence-corrected chi connectivity index (χ0v) is 9.63. The highest BCUT2D eigenvalue weighted by atomic mass is 32.2. The lowest BCUT2D eigenvalue weighted by atomic mass is 9.96. The molecule has 82 valence electrons. The monoisotopic (exact) mass is 223 g/mol. The van der Waals surface area contributed by atoms with Crippen LogP contribution in [0.2, 0.25) is 0 Å². The van der Waals surface area contributed by atoms with E-state index in [-0.39, 0.29) is 0 Å². The molecule has 2 rings (SSSR count). The molecule has 0 bridgehead atoms. The molecule has 1 saturated carbocycles. The van der Waals surface area contributed by atoms with Crippen molar-refractivity contribution in [3.05, 3.63) is 30.3 Å². The number of hydrogen-bond donors (Lipinski definition) is 1. The topological polar surface area (TPSA) is 29.1 Å². The molecule has 15 heavy (non-hydrogen) atoms. The van der Waals surface area contributed by atoms with Gasteiger partial charge in [-0.3, -0.25) is 0 Å². The summed E-state index contributed by atoms with van der Waals surface area (Å²) >= 11 is 0. The molecule has 1 aromatic rings. The van der Waals surface area contributed by atoms with Crippen molar-refractivity contribution < 1.29 is 4.21 Å². The Balaban J connectivity index is 1.91. The van der Waals surface area contributed by atoms with Crippen LogP contribution in [-0.4, -0.2) is 10.3 Å². The van der Waals surface area contributed by atoms with E-state index in [1.165, 1.54) is 32.1 Å². The van der Waals surface area contributed by atoms with Crippen LogP contribution in [-0.2, 0) is 11.0 Å². The minimum absolute atomic E-state index is 0.444. The van der Waals surface area contributed by atoms with E-state index in [2.05, 4.69) is 4.72 Å². The molecular formula is C12H17NOS. The summed E-state index contributed by atoms with van der Waals surface area (Å²) in [6.45, 7) is 0. The van der Waals surface area contributed by atoms with Gasteiger partial charge >= 0.3 is 0 Å². The molecule has 0 amide bonds. The van der Waals surface area contributed by atoms with Crippen molar-refractivity contribution in [3.63, 3.8) is 0 Å². The van der Waals surface area contributed by atoms with Crippen LogP contribution >= 0.6 is 0 Å². The quantitative estimate of drug-likeness (QED) is 0.838. The number of nitrogens with one attached hydrogen (secondary N) is 1. The normalized spacial score (nSPS) is 20.0. The summed E-state index contributed by atoms with van der Waals surface area (Å²) in [5.41, 5.74) is 0. The Labute approximate surface area is 93.7 Å². The molecule has 3 heteroatoms. The van der Waals surface area contributed by atoms with Crippen LogP contribution in [0.25, 0.3) is 0 Å². The maximum Gasteiger partial charge on any atom is 0.125 e. The average Bonchev–Trinajstić information content (AvgIpc) is 2.31. The van der Waals surface area contributed by atoms with Gasteiger partial charge in [0.2, 0.25) is 0 Å². The van der Waals surface area contributed by atoms with E-state index >= 15 is 0 Å². The predicted octanol–water partition coefficient (Wildman–Crippen LogP) is 2.63. The Kier molecular flexibility index (Phi) is 3.92. The summed E-state index contributed by atoms with van der Waals surface area (Å²) in [6.07, 6.45) is 6.20. The summed E-state index contributed by atoms with van der Waals surface area (Å²) < 4.78 is 15.1. The SMILES string of the molecule is O=S(NC1CCCCC1)c1ccccc1. The molecule has 1 N–H and O–H groups in total. The molecule has 0 radical (unpaired) electrons. The zero-order valence-electron chi connectivity index (χ0n) is 8.82. The van der Waals surface area contributed by atoms with Gasteiger partial charge in [0.1, 0.15) is 11.0 Å². The Hall–Kier alpha value is -0.670. The molecule has 0 aromatic heterocycles. The van der Waals surface area contributed by atoms with Crippen LogP contribution in [0.15, 0.2) is 35.2 Å². The maximum atomic E-state index is 11.9. The smallest absolute Gasteiger partial charge is 0.125 e. The second kappa shape index (κ2) is 5.42. The molecule has 1 fully saturated rings. The van der Waals surface area contributed by atoms with E-state index in [4.69, 9.17) is 0 Å². The zero-order chi connectivity index (χ0) is 10.5. The van der Waals surface area contributed by atoms with Crippen molar-refractivity contribution in [2.75, 3.05) is 0 Å². The first kappa shape index (κ1) is 10.8. The highest BCUT2D eigenvalue weighted by Crippen LogP contribution is 2.18. The molecule has 0 heterocycles. The fourth-order valence-electron chi connectivity index (χ4n) is 1.98. The van der Waals surface area contributed by atoms with Gasteiger partial charge in [-0.05, 0) is 25.0 Å². The summed E-state index contributed by atoms with van der Waals surface area (Å²) in [7, 11) is -1.03. The van der Waals surface area contributed by atoms with E-state index in [0.29, 0.717) is 6.04 Å². The molecule has 0 saturated heterocycles. The lowest BCUT2D eigenvalue weighted by Crippen LogP contribution is -2.32. The minimum atomic E-state index is -1.03. The number of benzene rings is 1. The van der Waals surface area contributed by atoms with E-state index in [9.17, 15) is 4.21 Å². The van der Waals surface area contributed by atoms with Crippen molar-refractivity contribution in [2.24, 2.45) is 0 Å². The van der Waals surface area contributed by atoms with Gasteiger partial charge in [0.25, 0.3) is 0 Å². The van der Waals surface area contributed by atoms with Crippen LogP contribution in [0.3, 0.4) is 0 Å². The van der Waals surface area contributed by atoms with Crippen molar-refractivity contribution >= 4 is 11.0 Å². The fraction of sp³-hybridized carbons (Fsp3) is 0.500. The van der Waals surface area contributed by atoms with Gasteiger partial charge < -0.3 is 0 Å². The van der Waals surface area contributed by atoms with Crippen molar-refractivity contribution in [2.45, 2.75) is 43.0 Å². The second-order valence-corrected chi connectivity index (χ2v) is 5.28. The van der Waals surface area contributed by atoms with Gasteiger partial charge in [-0.1, -0.05) is 37.5 Å². The standard InChI is InChI=1S/C12H17NOS/c14-15(12-9-5-2-6-10-12)13-11-7-3-1-4-8-11/h2,5-6,9-11,13H,1,3-4,7-8H2. The van der Waals surface area contributed by atoms with E-state index in [1.54, 1.807) is 0 Å². The molecule has 0 spiro atoms. The third kappa shape index (κ3) is 3.14. The van der Waals surface area contributed by atoms with Crippen molar-refractivity contribution in [3.8, 4) is 0 Å². The lowest BCUT2D eigenvalue weighted by Gasteiger charge is -2.22. The highest BCUT2D eigenvalue weighted by molar-refractivity contribution is 7.83. The lowest BCUT2D eigenvalue weighted by molar-refractivity contribution is 0.419. The Bertz CT molecular complexity index is 320. The van der Waals surface area contributed by atoms with Crippen LogP contribution in [0.1, 0.15) is 32.1 Å². The van der Waals surface area contributed by atoms with Crippen LogP contribution in [0.4, 0.5) is 0 Å². The Morgan fingerprint density at radius 3 is 2.40 bits per heavy atom. The molecule has 1 aliphatic rings. The van der Waals surface area contributed by atoms with Gasteiger partial charge in [0, 0.05) is 6.04 Å². The van der Waals surface area contributed by atoms with Crippen LogP contribution in [0, 0.1) is 0 Å². The summed E-state index contributed by atoms with van der Waals surface area (Å²) in [6, 6.07) is 10.1. The summed E-state index contributed by atoms with van der Waals surface area (Å²) in [4.78, 5) is 0.878. The van der Waals surface area contributed by atoms with E-state index in [1.807, 2.05) is 30.3 Å². The molecular weight excluding hydrogens is 206 g/mol. The first-order valence-electron chi connectivity index (χ1n) is 5.59. The number of rotatable bonds is 3. The van der Waals surface area contributed by atoms with E-state index in [0.717, 1.165) is 4.90 Å². The third-order valence-electron chi connectivity index (χ3n) is 2.84. The predicted molar refractivity (Wildman–Crippen MR) is 62.9 cm³/mol. The van der Waals surface area contributed by atoms with Gasteiger partial charge in [-0.15, -0.1) is 0 Å². The second-order valence-electron chi connectivity index (χ2n) is 4.03. The first-order chi connectivity index (χ1) is 7.36. The number of hydrogen-bond acceptors (Lipinski definition) is 1. The first-order valence-corrected chi connectivity index (χ1v) is 6.74. The van der Waals surface area contributed by atoms with Crippen molar-refractivity contribution in [1.29, 1.82) is 0 Å². The molecule has 1 aromatic carbocycles. The van der Waals surface area contributed by atoms with Gasteiger partial charge in [-0.25, -0.2) is 8.93 Å². The fourth-order valence-corrected chi connectivity index (χ4v) is 3.06. The molecule has 1 atom stereocenters. The van der Waals surface area contributed by atoms with Crippen LogP contribution < -0.4 is 4.72 Å². The molecule has 2 nitrogen and oxygen atoms in total. The molecule has 1 aliphatic carbocycles. The van der Waals surface area contributed by atoms with Gasteiger partial charge in [0.15, 0.2) is 0 Å². The van der Waals surface area contributed by atoms with Crippen molar-refractivity contribution in [1.82, 2.24) is 4.72 Å². The van der Waals surface area contributed by atoms with Gasteiger partial charge in [-0.2, -0.15) is 0 Å². The summed E-state index contributed by atoms with van der Waals surface area (Å²) in [5.74, 6) is 0. The summed E-state index contributed by atoms with van der Waals surface area (Å²) in [5, 5.41) is 0. The third-order valence-corrected chi connectivity index (χ3v) is 4.08. The Morgan fingerprint density at radius 2 is 1.73 bits per heavy atom. The highest BCUT2D eigenvalue weighted by Gasteiger charge is 2.15. The average molecular weight is 223 g/mol. The largest absolute Gasteiger partial charge is 0.237 e. The molecule has 1 unspecified atom stereocenters. The van der Waals surface area contributed by atoms with Gasteiger partial charge in [0.05, 0.1) is 4.90 Å². The Morgan fingerprint density at radius 1 is 1.07 bits per heavy atom.